The predicted molar refractivity (Wildman–Crippen MR) is 220 cm³/mol. The summed E-state index contributed by atoms with van der Waals surface area (Å²) >= 11 is 6.10. The van der Waals surface area contributed by atoms with Gasteiger partial charge in [0.25, 0.3) is 0 Å². The molecule has 5 aromatic rings. The van der Waals surface area contributed by atoms with Crippen molar-refractivity contribution in [2.24, 2.45) is 0 Å². The summed E-state index contributed by atoms with van der Waals surface area (Å²) in [5, 5.41) is 24.7. The van der Waals surface area contributed by atoms with Gasteiger partial charge in [0, 0.05) is 42.3 Å². The van der Waals surface area contributed by atoms with Gasteiger partial charge >= 0.3 is 0 Å². The molecular weight excluding hydrogens is 762 g/mol. The summed E-state index contributed by atoms with van der Waals surface area (Å²) in [6.07, 6.45) is 0.547. The van der Waals surface area contributed by atoms with E-state index in [9.17, 15) is 23.4 Å². The van der Waals surface area contributed by atoms with E-state index in [-0.39, 0.29) is 30.1 Å². The van der Waals surface area contributed by atoms with Crippen LogP contribution in [0, 0.1) is 6.92 Å². The van der Waals surface area contributed by atoms with E-state index in [4.69, 9.17) is 21.1 Å². The molecule has 0 aliphatic carbocycles. The van der Waals surface area contributed by atoms with Crippen LogP contribution in [0.4, 0.5) is 5.69 Å². The molecule has 298 valence electrons. The summed E-state index contributed by atoms with van der Waals surface area (Å²) in [6, 6.07) is 36.9. The summed E-state index contributed by atoms with van der Waals surface area (Å²) in [5.41, 5.74) is 4.56. The molecule has 0 bridgehead atoms. The summed E-state index contributed by atoms with van der Waals surface area (Å²) in [4.78, 5) is 16.3. The molecule has 2 heterocycles. The average Bonchev–Trinajstić information content (AvgIpc) is 3.22. The van der Waals surface area contributed by atoms with E-state index >= 15 is 0 Å². The largest absolute Gasteiger partial charge is 0.392 e. The first-order chi connectivity index (χ1) is 27.5. The van der Waals surface area contributed by atoms with Crippen LogP contribution in [0.2, 0.25) is 5.02 Å². The van der Waals surface area contributed by atoms with Crippen LogP contribution in [0.5, 0.6) is 0 Å². The van der Waals surface area contributed by atoms with Crippen molar-refractivity contribution >= 4 is 33.2 Å². The van der Waals surface area contributed by atoms with Gasteiger partial charge in [0.1, 0.15) is 6.04 Å². The van der Waals surface area contributed by atoms with Crippen LogP contribution in [0.25, 0.3) is 0 Å². The van der Waals surface area contributed by atoms with Crippen molar-refractivity contribution in [3.8, 4) is 0 Å². The van der Waals surface area contributed by atoms with Gasteiger partial charge in [-0.05, 0) is 84.8 Å². The Labute approximate surface area is 339 Å². The number of carbonyl (C=O) groups excluding carboxylic acids is 1. The Morgan fingerprint density at radius 3 is 2.25 bits per heavy atom. The smallest absolute Gasteiger partial charge is 0.242 e. The first-order valence-electron chi connectivity index (χ1n) is 19.2. The number of nitrogens with zero attached hydrogens (tertiary/aromatic N) is 1. The Bertz CT molecular complexity index is 2210. The zero-order valence-corrected chi connectivity index (χ0v) is 33.3. The number of aliphatic hydroxyl groups is 2. The van der Waals surface area contributed by atoms with Crippen LogP contribution in [-0.2, 0) is 42.9 Å². The fourth-order valence-electron chi connectivity index (χ4n) is 7.48. The minimum Gasteiger partial charge on any atom is -0.392 e. The molecule has 0 radical (unpaired) electrons. The van der Waals surface area contributed by atoms with Crippen molar-refractivity contribution in [2.75, 3.05) is 25.0 Å². The topological polar surface area (TPSA) is 137 Å². The van der Waals surface area contributed by atoms with Gasteiger partial charge in [-0.1, -0.05) is 108 Å². The van der Waals surface area contributed by atoms with Gasteiger partial charge in [-0.15, -0.1) is 0 Å². The number of anilines is 1. The van der Waals surface area contributed by atoms with Crippen molar-refractivity contribution in [1.82, 2.24) is 9.62 Å². The van der Waals surface area contributed by atoms with E-state index in [0.29, 0.717) is 55.2 Å². The molecule has 1 unspecified atom stereocenters. The van der Waals surface area contributed by atoms with Gasteiger partial charge in [0.15, 0.2) is 6.29 Å². The third-order valence-electron chi connectivity index (χ3n) is 10.8. The van der Waals surface area contributed by atoms with Crippen LogP contribution in [-0.4, -0.2) is 61.2 Å². The maximum Gasteiger partial charge on any atom is 0.242 e. The van der Waals surface area contributed by atoms with E-state index in [2.05, 4.69) is 14.9 Å². The van der Waals surface area contributed by atoms with Crippen LogP contribution in [0.3, 0.4) is 0 Å². The Morgan fingerprint density at radius 1 is 0.860 bits per heavy atom. The number of sulfonamides is 1. The molecule has 0 spiro atoms. The Morgan fingerprint density at radius 2 is 1.56 bits per heavy atom. The molecule has 57 heavy (non-hydrogen) atoms. The number of carbonyl (C=O) groups is 1. The van der Waals surface area contributed by atoms with Crippen molar-refractivity contribution in [3.05, 3.63) is 166 Å². The van der Waals surface area contributed by atoms with E-state index in [1.807, 2.05) is 91.9 Å². The lowest BCUT2D eigenvalue weighted by Crippen LogP contribution is -2.46. The standard InChI is InChI=1S/C45H48ClN3O7S/c1-31-10-20-40(21-11-31)57(53,54)48-41(26-32-6-3-2-4-7-32)43(51)47-38-9-5-8-35(27-38)44-55-39(28-42(56-44)34-14-12-33(30-50)13-15-34)29-49-24-22-45(52,23-25-49)36-16-18-37(46)19-17-36/h2-21,27,39,41-42,44,48,50,52H,22-26,28-30H2,1H3,(H,47,51)/t39-,41+,42+,44?/m0/s1. The van der Waals surface area contributed by atoms with E-state index in [1.165, 1.54) is 12.1 Å². The molecule has 4 N–H and O–H groups in total. The first-order valence-corrected chi connectivity index (χ1v) is 21.1. The number of hydrogen-bond acceptors (Lipinski definition) is 8. The molecule has 2 fully saturated rings. The first kappa shape index (κ1) is 40.8. The SMILES string of the molecule is Cc1ccc(S(=O)(=O)N[C@H](Cc2ccccc2)C(=O)Nc2cccc(C3O[C@H](CN4CCC(O)(c5ccc(Cl)cc5)CC4)C[C@H](c4ccc(CO)cc4)O3)c2)cc1. The second-order valence-corrected chi connectivity index (χ2v) is 17.1. The fourth-order valence-corrected chi connectivity index (χ4v) is 8.80. The molecule has 2 aliphatic rings. The van der Waals surface area contributed by atoms with Gasteiger partial charge in [-0.2, -0.15) is 4.72 Å². The van der Waals surface area contributed by atoms with Crippen LogP contribution < -0.4 is 10.0 Å². The normalized spacial score (nSPS) is 20.5. The lowest BCUT2D eigenvalue weighted by molar-refractivity contribution is -0.253. The van der Waals surface area contributed by atoms with Gasteiger partial charge in [-0.3, -0.25) is 4.79 Å². The van der Waals surface area contributed by atoms with Crippen molar-refractivity contribution < 1.29 is 32.9 Å². The van der Waals surface area contributed by atoms with Gasteiger partial charge in [0.2, 0.25) is 15.9 Å². The van der Waals surface area contributed by atoms with Gasteiger partial charge in [-0.25, -0.2) is 8.42 Å². The fraction of sp³-hybridized carbons (Fsp3) is 0.311. The van der Waals surface area contributed by atoms with Gasteiger partial charge < -0.3 is 29.9 Å². The highest BCUT2D eigenvalue weighted by Gasteiger charge is 2.38. The zero-order valence-electron chi connectivity index (χ0n) is 31.8. The van der Waals surface area contributed by atoms with Crippen LogP contribution in [0.1, 0.15) is 65.0 Å². The third kappa shape index (κ3) is 10.4. The maximum atomic E-state index is 13.9. The molecule has 12 heteroatoms. The quantitative estimate of drug-likeness (QED) is 0.0981. The third-order valence-corrected chi connectivity index (χ3v) is 12.5. The monoisotopic (exact) mass is 809 g/mol. The lowest BCUT2D eigenvalue weighted by Gasteiger charge is -2.42. The molecule has 4 atom stereocenters. The highest BCUT2D eigenvalue weighted by Crippen LogP contribution is 2.40. The number of aliphatic hydroxyl groups excluding tert-OH is 1. The molecule has 7 rings (SSSR count). The minimum atomic E-state index is -4.02. The second-order valence-electron chi connectivity index (χ2n) is 15.0. The number of rotatable bonds is 13. The number of nitrogens with one attached hydrogen (secondary N) is 2. The second kappa shape index (κ2) is 18.0. The summed E-state index contributed by atoms with van der Waals surface area (Å²) in [5.74, 6) is -0.513. The highest BCUT2D eigenvalue weighted by atomic mass is 35.5. The molecule has 2 aliphatic heterocycles. The van der Waals surface area contributed by atoms with Crippen molar-refractivity contribution in [2.45, 2.75) is 74.3 Å². The van der Waals surface area contributed by atoms with Crippen LogP contribution in [0.15, 0.2) is 132 Å². The Kier molecular flexibility index (Phi) is 12.9. The van der Waals surface area contributed by atoms with Crippen molar-refractivity contribution in [3.63, 3.8) is 0 Å². The number of amides is 1. The average molecular weight is 810 g/mol. The van der Waals surface area contributed by atoms with E-state index in [1.54, 1.807) is 30.3 Å². The molecule has 0 saturated carbocycles. The molecule has 10 nitrogen and oxygen atoms in total. The molecule has 0 aromatic heterocycles. The number of aryl methyl sites for hydroxylation is 1. The molecule has 1 amide bonds. The number of hydrogen-bond donors (Lipinski definition) is 4. The van der Waals surface area contributed by atoms with E-state index < -0.39 is 33.9 Å². The number of benzene rings is 5. The number of ether oxygens (including phenoxy) is 2. The molecular formula is C45H48ClN3O7S. The molecule has 2 saturated heterocycles. The predicted octanol–water partition coefficient (Wildman–Crippen LogP) is 7.20. The summed E-state index contributed by atoms with van der Waals surface area (Å²) in [7, 11) is -4.02. The number of likely N-dealkylation sites (tertiary alicyclic amines) is 1. The Balaban J connectivity index is 1.08. The lowest BCUT2D eigenvalue weighted by atomic mass is 9.84. The van der Waals surface area contributed by atoms with E-state index in [0.717, 1.165) is 27.8 Å². The molecule has 5 aromatic carbocycles. The number of piperidine rings is 1. The number of halogens is 1. The summed E-state index contributed by atoms with van der Waals surface area (Å²) < 4.78 is 42.8. The van der Waals surface area contributed by atoms with Crippen LogP contribution >= 0.6 is 11.6 Å². The summed E-state index contributed by atoms with van der Waals surface area (Å²) in [6.45, 7) is 3.80. The van der Waals surface area contributed by atoms with Gasteiger partial charge in [0.05, 0.1) is 29.3 Å². The zero-order chi connectivity index (χ0) is 40.0. The maximum absolute atomic E-state index is 13.9. The minimum absolute atomic E-state index is 0.0599. The van der Waals surface area contributed by atoms with Crippen molar-refractivity contribution in [1.29, 1.82) is 0 Å². The Hall–Kier alpha value is -4.43. The highest BCUT2D eigenvalue weighted by molar-refractivity contribution is 7.89.